The highest BCUT2D eigenvalue weighted by atomic mass is 32.2. The summed E-state index contributed by atoms with van der Waals surface area (Å²) in [6.07, 6.45) is -0.195. The van der Waals surface area contributed by atoms with Crippen LogP contribution in [0.4, 0.5) is 0 Å². The third kappa shape index (κ3) is 9.57. The molecule has 0 fully saturated rings. The monoisotopic (exact) mass is 533 g/mol. The van der Waals surface area contributed by atoms with E-state index in [9.17, 15) is 23.1 Å². The average molecular weight is 534 g/mol. The van der Waals surface area contributed by atoms with Gasteiger partial charge in [-0.2, -0.15) is 4.31 Å². The normalized spacial score (nSPS) is 13.9. The van der Waals surface area contributed by atoms with E-state index in [2.05, 4.69) is 0 Å². The first-order valence-corrected chi connectivity index (χ1v) is 13.8. The van der Waals surface area contributed by atoms with Gasteiger partial charge in [0.05, 0.1) is 24.5 Å². The SMILES string of the molecule is COc1ccc(S(=O)(=O)N(CC(C)C)C[C@@H](O)[C@@H](CC(=O)OC(C)(C)C)Cc2ccc(C=O)cc2)cc1. The van der Waals surface area contributed by atoms with Gasteiger partial charge in [0.2, 0.25) is 10.0 Å². The van der Waals surface area contributed by atoms with Gasteiger partial charge in [-0.15, -0.1) is 0 Å². The molecule has 0 saturated heterocycles. The third-order valence-corrected chi connectivity index (χ3v) is 7.51. The lowest BCUT2D eigenvalue weighted by molar-refractivity contribution is -0.157. The maximum atomic E-state index is 13.5. The molecule has 0 amide bonds. The highest BCUT2D eigenvalue weighted by Gasteiger charge is 2.32. The minimum absolute atomic E-state index is 0.000384. The molecule has 0 aliphatic heterocycles. The number of methoxy groups -OCH3 is 1. The molecule has 0 heterocycles. The van der Waals surface area contributed by atoms with E-state index in [0.717, 1.165) is 11.8 Å². The smallest absolute Gasteiger partial charge is 0.306 e. The standard InChI is InChI=1S/C28H39NO7S/c1-20(2)17-29(37(33,34)25-13-11-24(35-6)12-14-25)18-26(31)23(16-27(32)36-28(3,4)5)15-21-7-9-22(19-30)10-8-21/h7-14,19-20,23,26,31H,15-18H2,1-6H3/t23-,26-/m1/s1. The van der Waals surface area contributed by atoms with Gasteiger partial charge in [0, 0.05) is 24.6 Å². The van der Waals surface area contributed by atoms with E-state index in [1.165, 1.54) is 23.5 Å². The van der Waals surface area contributed by atoms with Crippen molar-refractivity contribution in [3.8, 4) is 5.75 Å². The molecule has 0 saturated carbocycles. The molecular weight excluding hydrogens is 494 g/mol. The number of rotatable bonds is 13. The van der Waals surface area contributed by atoms with Crippen LogP contribution in [-0.4, -0.2) is 62.0 Å². The number of carbonyl (C=O) groups is 2. The fraction of sp³-hybridized carbons (Fsp3) is 0.500. The maximum absolute atomic E-state index is 13.5. The Labute approximate surface area is 220 Å². The number of aldehydes is 1. The van der Waals surface area contributed by atoms with E-state index in [-0.39, 0.29) is 30.3 Å². The summed E-state index contributed by atoms with van der Waals surface area (Å²) in [5.74, 6) is -0.556. The zero-order chi connectivity index (χ0) is 27.8. The summed E-state index contributed by atoms with van der Waals surface area (Å²) >= 11 is 0. The maximum Gasteiger partial charge on any atom is 0.306 e. The number of nitrogens with zero attached hydrogens (tertiary/aromatic N) is 1. The van der Waals surface area contributed by atoms with Crippen LogP contribution < -0.4 is 4.74 Å². The van der Waals surface area contributed by atoms with Gasteiger partial charge in [0.25, 0.3) is 0 Å². The molecule has 1 N–H and O–H groups in total. The molecule has 2 aromatic rings. The summed E-state index contributed by atoms with van der Waals surface area (Å²) in [5.41, 5.74) is 0.632. The van der Waals surface area contributed by atoms with E-state index >= 15 is 0 Å². The van der Waals surface area contributed by atoms with E-state index in [1.54, 1.807) is 57.2 Å². The highest BCUT2D eigenvalue weighted by molar-refractivity contribution is 7.89. The van der Waals surface area contributed by atoms with E-state index < -0.39 is 33.6 Å². The van der Waals surface area contributed by atoms with Crippen LogP contribution in [0.25, 0.3) is 0 Å². The third-order valence-electron chi connectivity index (χ3n) is 5.66. The zero-order valence-electron chi connectivity index (χ0n) is 22.5. The molecule has 0 bridgehead atoms. The number of hydrogen-bond donors (Lipinski definition) is 1. The molecule has 2 aromatic carbocycles. The van der Waals surface area contributed by atoms with Gasteiger partial charge in [0.1, 0.15) is 17.6 Å². The van der Waals surface area contributed by atoms with Crippen LogP contribution in [0.5, 0.6) is 5.75 Å². The van der Waals surface area contributed by atoms with Crippen molar-refractivity contribution in [2.24, 2.45) is 11.8 Å². The summed E-state index contributed by atoms with van der Waals surface area (Å²) in [5, 5.41) is 11.3. The summed E-state index contributed by atoms with van der Waals surface area (Å²) in [6.45, 7) is 9.09. The van der Waals surface area contributed by atoms with Crippen LogP contribution in [0.15, 0.2) is 53.4 Å². The van der Waals surface area contributed by atoms with E-state index in [1.807, 2.05) is 13.8 Å². The highest BCUT2D eigenvalue weighted by Crippen LogP contribution is 2.25. The van der Waals surface area contributed by atoms with Crippen LogP contribution in [-0.2, 0) is 26.0 Å². The van der Waals surface area contributed by atoms with Crippen molar-refractivity contribution < 1.29 is 32.6 Å². The second kappa shape index (κ2) is 13.2. The van der Waals surface area contributed by atoms with E-state index in [0.29, 0.717) is 17.7 Å². The predicted molar refractivity (Wildman–Crippen MR) is 142 cm³/mol. The van der Waals surface area contributed by atoms with Gasteiger partial charge in [-0.05, 0) is 62.9 Å². The van der Waals surface area contributed by atoms with Crippen molar-refractivity contribution in [1.82, 2.24) is 4.31 Å². The fourth-order valence-electron chi connectivity index (χ4n) is 3.91. The van der Waals surface area contributed by atoms with Gasteiger partial charge in [-0.1, -0.05) is 38.1 Å². The molecular formula is C28H39NO7S. The minimum Gasteiger partial charge on any atom is -0.497 e. The average Bonchev–Trinajstić information content (AvgIpc) is 2.82. The fourth-order valence-corrected chi connectivity index (χ4v) is 5.53. The van der Waals surface area contributed by atoms with Gasteiger partial charge in [0.15, 0.2) is 0 Å². The minimum atomic E-state index is -3.93. The number of sulfonamides is 1. The van der Waals surface area contributed by atoms with Crippen molar-refractivity contribution in [2.45, 2.75) is 64.1 Å². The molecule has 204 valence electrons. The molecule has 9 heteroatoms. The summed E-state index contributed by atoms with van der Waals surface area (Å²) in [6, 6.07) is 12.9. The number of benzene rings is 2. The topological polar surface area (TPSA) is 110 Å². The molecule has 0 radical (unpaired) electrons. The Bertz CT molecular complexity index is 1120. The Morgan fingerprint density at radius 3 is 2.11 bits per heavy atom. The van der Waals surface area contributed by atoms with Crippen molar-refractivity contribution >= 4 is 22.3 Å². The Kier molecular flexibility index (Phi) is 10.8. The number of hydrogen-bond acceptors (Lipinski definition) is 7. The van der Waals surface area contributed by atoms with Crippen LogP contribution in [0.1, 0.15) is 57.0 Å². The van der Waals surface area contributed by atoms with Crippen LogP contribution in [0.2, 0.25) is 0 Å². The molecule has 0 aliphatic rings. The summed E-state index contributed by atoms with van der Waals surface area (Å²) in [4.78, 5) is 23.8. The molecule has 37 heavy (non-hydrogen) atoms. The van der Waals surface area contributed by atoms with E-state index in [4.69, 9.17) is 9.47 Å². The molecule has 0 unspecified atom stereocenters. The van der Waals surface area contributed by atoms with Crippen LogP contribution in [0.3, 0.4) is 0 Å². The molecule has 0 aliphatic carbocycles. The second-order valence-electron chi connectivity index (χ2n) is 10.6. The van der Waals surface area contributed by atoms with Crippen LogP contribution >= 0.6 is 0 Å². The Morgan fingerprint density at radius 2 is 1.62 bits per heavy atom. The molecule has 0 spiro atoms. The van der Waals surface area contributed by atoms with Crippen molar-refractivity contribution in [3.63, 3.8) is 0 Å². The zero-order valence-corrected chi connectivity index (χ0v) is 23.3. The number of ether oxygens (including phenoxy) is 2. The van der Waals surface area contributed by atoms with Crippen molar-refractivity contribution in [3.05, 3.63) is 59.7 Å². The quantitative estimate of drug-likeness (QED) is 0.305. The number of carbonyl (C=O) groups excluding carboxylic acids is 2. The van der Waals surface area contributed by atoms with Crippen molar-refractivity contribution in [2.75, 3.05) is 20.2 Å². The largest absolute Gasteiger partial charge is 0.497 e. The van der Waals surface area contributed by atoms with Gasteiger partial charge >= 0.3 is 5.97 Å². The summed E-state index contributed by atoms with van der Waals surface area (Å²) < 4.78 is 38.9. The van der Waals surface area contributed by atoms with Gasteiger partial charge in [-0.25, -0.2) is 8.42 Å². The Balaban J connectivity index is 2.34. The number of esters is 1. The van der Waals surface area contributed by atoms with Gasteiger partial charge < -0.3 is 14.6 Å². The van der Waals surface area contributed by atoms with Gasteiger partial charge in [-0.3, -0.25) is 9.59 Å². The first-order chi connectivity index (χ1) is 17.2. The first kappa shape index (κ1) is 30.5. The predicted octanol–water partition coefficient (Wildman–Crippen LogP) is 4.11. The number of aliphatic hydroxyl groups excluding tert-OH is 1. The lowest BCUT2D eigenvalue weighted by atomic mass is 9.90. The molecule has 2 atom stereocenters. The summed E-state index contributed by atoms with van der Waals surface area (Å²) in [7, 11) is -2.42. The number of aliphatic hydroxyl groups is 1. The lowest BCUT2D eigenvalue weighted by Gasteiger charge is -2.30. The Hall–Kier alpha value is -2.75. The molecule has 8 nitrogen and oxygen atoms in total. The molecule has 2 rings (SSSR count). The first-order valence-electron chi connectivity index (χ1n) is 12.3. The second-order valence-corrected chi connectivity index (χ2v) is 12.5. The lowest BCUT2D eigenvalue weighted by Crippen LogP contribution is -2.43. The van der Waals surface area contributed by atoms with Crippen LogP contribution in [0, 0.1) is 11.8 Å². The Morgan fingerprint density at radius 1 is 1.03 bits per heavy atom. The van der Waals surface area contributed by atoms with Crippen molar-refractivity contribution in [1.29, 1.82) is 0 Å². The molecule has 0 aromatic heterocycles.